The van der Waals surface area contributed by atoms with Gasteiger partial charge in [-0.3, -0.25) is 14.3 Å². The summed E-state index contributed by atoms with van der Waals surface area (Å²) < 4.78 is 7.62. The summed E-state index contributed by atoms with van der Waals surface area (Å²) in [5, 5.41) is 14.5. The normalized spacial score (nSPS) is 13.8. The van der Waals surface area contributed by atoms with Crippen molar-refractivity contribution in [3.8, 4) is 0 Å². The number of aliphatic hydroxyl groups excluding tert-OH is 1. The van der Waals surface area contributed by atoms with Gasteiger partial charge in [-0.05, 0) is 31.5 Å². The van der Waals surface area contributed by atoms with Crippen LogP contribution in [0.5, 0.6) is 0 Å². The van der Waals surface area contributed by atoms with E-state index < -0.39 is 0 Å². The number of benzene rings is 1. The lowest BCUT2D eigenvalue weighted by Gasteiger charge is -2.27. The molecule has 0 atom stereocenters. The van der Waals surface area contributed by atoms with Crippen LogP contribution in [0.15, 0.2) is 33.5 Å². The molecule has 0 unspecified atom stereocenters. The number of hydrogen-bond acceptors (Lipinski definition) is 5. The topological polar surface area (TPSA) is 88.6 Å². The molecule has 1 aliphatic rings. The number of rotatable bonds is 3. The molecule has 1 N–H and O–H groups in total. The fraction of sp³-hybridized carbons (Fsp3) is 0.350. The Morgan fingerprint density at radius 3 is 2.89 bits per heavy atom. The summed E-state index contributed by atoms with van der Waals surface area (Å²) in [6, 6.07) is 6.58. The second-order valence-corrected chi connectivity index (χ2v) is 6.80. The zero-order valence-corrected chi connectivity index (χ0v) is 15.4. The number of aromatic nitrogens is 2. The van der Waals surface area contributed by atoms with E-state index in [9.17, 15) is 14.7 Å². The van der Waals surface area contributed by atoms with Gasteiger partial charge in [-0.25, -0.2) is 0 Å². The van der Waals surface area contributed by atoms with Gasteiger partial charge in [-0.2, -0.15) is 5.10 Å². The quantitative estimate of drug-likeness (QED) is 0.765. The number of carbonyl (C=O) groups excluding carboxylic acids is 1. The molecule has 0 saturated carbocycles. The second kappa shape index (κ2) is 6.66. The molecule has 0 radical (unpaired) electrons. The monoisotopic (exact) mass is 367 g/mol. The van der Waals surface area contributed by atoms with Crippen molar-refractivity contribution in [1.82, 2.24) is 14.7 Å². The predicted octanol–water partition coefficient (Wildman–Crippen LogP) is 2.01. The average Bonchev–Trinajstić information content (AvgIpc) is 3.04. The summed E-state index contributed by atoms with van der Waals surface area (Å²) in [4.78, 5) is 27.0. The first-order valence-electron chi connectivity index (χ1n) is 9.04. The molecule has 2 aromatic heterocycles. The number of carbonyl (C=O) groups is 1. The molecule has 0 bridgehead atoms. The molecular formula is C20H21N3O4. The van der Waals surface area contributed by atoms with Gasteiger partial charge in [0.2, 0.25) is 0 Å². The maximum atomic E-state index is 13.0. The van der Waals surface area contributed by atoms with Crippen molar-refractivity contribution in [1.29, 1.82) is 0 Å². The molecule has 0 aliphatic carbocycles. The molecule has 7 heteroatoms. The molecule has 4 rings (SSSR count). The summed E-state index contributed by atoms with van der Waals surface area (Å²) in [6.07, 6.45) is 0.652. The summed E-state index contributed by atoms with van der Waals surface area (Å²) in [7, 11) is 0. The summed E-state index contributed by atoms with van der Waals surface area (Å²) >= 11 is 0. The van der Waals surface area contributed by atoms with Gasteiger partial charge in [0.1, 0.15) is 5.58 Å². The number of aliphatic hydroxyl groups is 1. The van der Waals surface area contributed by atoms with E-state index in [4.69, 9.17) is 4.42 Å². The minimum atomic E-state index is -0.325. The maximum Gasteiger partial charge on any atom is 0.290 e. The first kappa shape index (κ1) is 17.5. The number of hydrogen-bond donors (Lipinski definition) is 1. The zero-order valence-electron chi connectivity index (χ0n) is 15.4. The van der Waals surface area contributed by atoms with E-state index in [1.807, 2.05) is 24.6 Å². The average molecular weight is 367 g/mol. The highest BCUT2D eigenvalue weighted by atomic mass is 16.3. The van der Waals surface area contributed by atoms with Crippen LogP contribution in [0.1, 0.15) is 40.0 Å². The molecule has 1 amide bonds. The first-order chi connectivity index (χ1) is 13.0. The van der Waals surface area contributed by atoms with Crippen LogP contribution in [0.4, 0.5) is 0 Å². The van der Waals surface area contributed by atoms with Crippen molar-refractivity contribution >= 4 is 16.9 Å². The van der Waals surface area contributed by atoms with Crippen molar-refractivity contribution in [2.24, 2.45) is 0 Å². The minimum absolute atomic E-state index is 0.0370. The Hall–Kier alpha value is -2.93. The highest BCUT2D eigenvalue weighted by Crippen LogP contribution is 2.24. The van der Waals surface area contributed by atoms with Gasteiger partial charge in [0.25, 0.3) is 5.91 Å². The van der Waals surface area contributed by atoms with E-state index in [1.165, 1.54) is 6.07 Å². The minimum Gasteiger partial charge on any atom is -0.451 e. The Kier molecular flexibility index (Phi) is 4.31. The van der Waals surface area contributed by atoms with Crippen molar-refractivity contribution in [2.45, 2.75) is 40.0 Å². The van der Waals surface area contributed by atoms with Crippen LogP contribution in [-0.4, -0.2) is 32.2 Å². The molecule has 1 aliphatic heterocycles. The number of amides is 1. The Bertz CT molecular complexity index is 1100. The van der Waals surface area contributed by atoms with Crippen LogP contribution in [0.2, 0.25) is 0 Å². The Balaban J connectivity index is 1.69. The van der Waals surface area contributed by atoms with E-state index in [-0.39, 0.29) is 23.7 Å². The molecule has 0 spiro atoms. The molecule has 140 valence electrons. The molecule has 3 heterocycles. The third kappa shape index (κ3) is 2.94. The third-order valence-corrected chi connectivity index (χ3v) is 5.05. The van der Waals surface area contributed by atoms with Gasteiger partial charge in [0.15, 0.2) is 11.2 Å². The smallest absolute Gasteiger partial charge is 0.290 e. The van der Waals surface area contributed by atoms with Crippen LogP contribution in [-0.2, 0) is 26.1 Å². The zero-order chi connectivity index (χ0) is 19.1. The lowest BCUT2D eigenvalue weighted by molar-refractivity contribution is 0.0700. The van der Waals surface area contributed by atoms with E-state index in [0.717, 1.165) is 23.4 Å². The maximum absolute atomic E-state index is 13.0. The van der Waals surface area contributed by atoms with Crippen molar-refractivity contribution in [2.75, 3.05) is 6.54 Å². The van der Waals surface area contributed by atoms with Crippen molar-refractivity contribution in [3.63, 3.8) is 0 Å². The van der Waals surface area contributed by atoms with Gasteiger partial charge in [0.05, 0.1) is 17.7 Å². The fourth-order valence-electron chi connectivity index (χ4n) is 3.65. The highest BCUT2D eigenvalue weighted by Gasteiger charge is 2.28. The van der Waals surface area contributed by atoms with Crippen LogP contribution < -0.4 is 5.43 Å². The Labute approximate surface area is 155 Å². The Morgan fingerprint density at radius 2 is 2.15 bits per heavy atom. The van der Waals surface area contributed by atoms with Gasteiger partial charge in [0, 0.05) is 43.4 Å². The van der Waals surface area contributed by atoms with E-state index >= 15 is 0 Å². The lowest BCUT2D eigenvalue weighted by atomic mass is 10.0. The standard InChI is InChI=1S/C20H21N3O4/c1-3-23-16-6-7-22(10-14(16)15(11-24)21-23)20(26)19-9-17(25)13-5-4-12(2)8-18(13)27-19/h4-5,8-9,24H,3,6-7,10-11H2,1-2H3. The number of fused-ring (bicyclic) bond motifs is 2. The predicted molar refractivity (Wildman–Crippen MR) is 99.5 cm³/mol. The van der Waals surface area contributed by atoms with Crippen molar-refractivity contribution in [3.05, 3.63) is 62.8 Å². The first-order valence-corrected chi connectivity index (χ1v) is 9.04. The lowest BCUT2D eigenvalue weighted by Crippen LogP contribution is -2.37. The number of nitrogens with zero attached hydrogens (tertiary/aromatic N) is 3. The largest absolute Gasteiger partial charge is 0.451 e. The van der Waals surface area contributed by atoms with Crippen LogP contribution in [0, 0.1) is 6.92 Å². The fourth-order valence-corrected chi connectivity index (χ4v) is 3.65. The number of aryl methyl sites for hydroxylation is 2. The summed E-state index contributed by atoms with van der Waals surface area (Å²) in [5.74, 6) is -0.288. The second-order valence-electron chi connectivity index (χ2n) is 6.80. The highest BCUT2D eigenvalue weighted by molar-refractivity contribution is 5.93. The van der Waals surface area contributed by atoms with E-state index in [0.29, 0.717) is 36.2 Å². The van der Waals surface area contributed by atoms with Crippen LogP contribution >= 0.6 is 0 Å². The molecular weight excluding hydrogens is 346 g/mol. The van der Waals surface area contributed by atoms with Crippen LogP contribution in [0.3, 0.4) is 0 Å². The molecule has 1 aromatic carbocycles. The summed E-state index contributed by atoms with van der Waals surface area (Å²) in [5.41, 5.74) is 3.68. The van der Waals surface area contributed by atoms with Crippen molar-refractivity contribution < 1.29 is 14.3 Å². The molecule has 0 fully saturated rings. The van der Waals surface area contributed by atoms with Gasteiger partial charge < -0.3 is 14.4 Å². The molecule has 7 nitrogen and oxygen atoms in total. The van der Waals surface area contributed by atoms with Crippen LogP contribution in [0.25, 0.3) is 11.0 Å². The van der Waals surface area contributed by atoms with Gasteiger partial charge in [-0.15, -0.1) is 0 Å². The molecule has 3 aromatic rings. The molecule has 0 saturated heterocycles. The van der Waals surface area contributed by atoms with Gasteiger partial charge >= 0.3 is 0 Å². The van der Waals surface area contributed by atoms with E-state index in [1.54, 1.807) is 17.0 Å². The summed E-state index contributed by atoms with van der Waals surface area (Å²) in [6.45, 7) is 5.31. The van der Waals surface area contributed by atoms with E-state index in [2.05, 4.69) is 5.10 Å². The molecule has 27 heavy (non-hydrogen) atoms. The Morgan fingerprint density at radius 1 is 1.33 bits per heavy atom. The third-order valence-electron chi connectivity index (χ3n) is 5.05. The van der Waals surface area contributed by atoms with Gasteiger partial charge in [-0.1, -0.05) is 6.07 Å². The SMILES string of the molecule is CCn1nc(CO)c2c1CCN(C(=O)c1cc(=O)c3ccc(C)cc3o1)C2.